The third kappa shape index (κ3) is 5.25. The highest BCUT2D eigenvalue weighted by molar-refractivity contribution is 7.07. The van der Waals surface area contributed by atoms with Gasteiger partial charge >= 0.3 is 5.97 Å². The first kappa shape index (κ1) is 29.5. The molecule has 43 heavy (non-hydrogen) atoms. The first-order valence-corrected chi connectivity index (χ1v) is 14.3. The van der Waals surface area contributed by atoms with Crippen molar-refractivity contribution < 1.29 is 23.9 Å². The van der Waals surface area contributed by atoms with Gasteiger partial charge in [0.15, 0.2) is 16.3 Å². The van der Waals surface area contributed by atoms with Crippen molar-refractivity contribution in [3.63, 3.8) is 0 Å². The Morgan fingerprint density at radius 2 is 1.77 bits per heavy atom. The van der Waals surface area contributed by atoms with Gasteiger partial charge < -0.3 is 18.8 Å². The Hall–Kier alpha value is -4.97. The molecule has 1 unspecified atom stereocenters. The first-order valence-electron chi connectivity index (χ1n) is 13.4. The third-order valence-electron chi connectivity index (χ3n) is 7.32. The fraction of sp³-hybridized carbons (Fsp3) is 0.258. The van der Waals surface area contributed by atoms with Gasteiger partial charge in [0.05, 0.1) is 47.6 Å². The SMILES string of the molecule is CCOC(=O)C1=C(C)N=c2s/c(=C/c3cc(C)n(-c4ccc([N+](=O)[O-])cc4)c3C)c(=O)n2C1c1ccc(OC)c(OC)c1. The number of aromatic nitrogens is 2. The van der Waals surface area contributed by atoms with Crippen LogP contribution in [0.3, 0.4) is 0 Å². The van der Waals surface area contributed by atoms with Crippen molar-refractivity contribution in [2.24, 2.45) is 4.99 Å². The quantitative estimate of drug-likeness (QED) is 0.169. The van der Waals surface area contributed by atoms with Crippen LogP contribution in [-0.4, -0.2) is 40.9 Å². The Morgan fingerprint density at radius 3 is 2.40 bits per heavy atom. The van der Waals surface area contributed by atoms with Crippen molar-refractivity contribution in [1.29, 1.82) is 0 Å². The van der Waals surface area contributed by atoms with E-state index in [1.807, 2.05) is 30.6 Å². The molecule has 0 radical (unpaired) electrons. The van der Waals surface area contributed by atoms with E-state index in [4.69, 9.17) is 14.2 Å². The molecule has 222 valence electrons. The predicted molar refractivity (Wildman–Crippen MR) is 162 cm³/mol. The van der Waals surface area contributed by atoms with Crippen molar-refractivity contribution in [3.8, 4) is 17.2 Å². The molecule has 12 heteroatoms. The summed E-state index contributed by atoms with van der Waals surface area (Å²) in [5.41, 5.74) is 4.40. The summed E-state index contributed by atoms with van der Waals surface area (Å²) in [6, 6.07) is 12.7. The molecule has 4 aromatic rings. The number of thiazole rings is 1. The minimum atomic E-state index is -0.801. The Bertz CT molecular complexity index is 1970. The molecule has 5 rings (SSSR count). The molecule has 0 bridgehead atoms. The fourth-order valence-corrected chi connectivity index (χ4v) is 6.36. The van der Waals surface area contributed by atoms with Crippen molar-refractivity contribution in [2.75, 3.05) is 20.8 Å². The lowest BCUT2D eigenvalue weighted by atomic mass is 9.95. The van der Waals surface area contributed by atoms with Gasteiger partial charge in [-0.3, -0.25) is 19.5 Å². The molecule has 2 aromatic carbocycles. The fourth-order valence-electron chi connectivity index (χ4n) is 5.33. The molecular formula is C31H30N4O7S. The number of rotatable bonds is 8. The number of fused-ring (bicyclic) bond motifs is 1. The van der Waals surface area contributed by atoms with E-state index in [0.717, 1.165) is 22.6 Å². The summed E-state index contributed by atoms with van der Waals surface area (Å²) in [7, 11) is 3.06. The third-order valence-corrected chi connectivity index (χ3v) is 8.30. The van der Waals surface area contributed by atoms with Crippen LogP contribution in [0.1, 0.15) is 42.4 Å². The van der Waals surface area contributed by atoms with Crippen molar-refractivity contribution >= 4 is 29.1 Å². The molecule has 3 heterocycles. The number of ether oxygens (including phenoxy) is 3. The van der Waals surface area contributed by atoms with Gasteiger partial charge in [-0.25, -0.2) is 9.79 Å². The van der Waals surface area contributed by atoms with E-state index in [-0.39, 0.29) is 23.4 Å². The van der Waals surface area contributed by atoms with Crippen LogP contribution < -0.4 is 24.4 Å². The van der Waals surface area contributed by atoms with Crippen molar-refractivity contribution in [1.82, 2.24) is 9.13 Å². The van der Waals surface area contributed by atoms with E-state index in [2.05, 4.69) is 4.99 Å². The number of nitrogens with zero attached hydrogens (tertiary/aromatic N) is 4. The number of carbonyl (C=O) groups excluding carboxylic acids is 1. The van der Waals surface area contributed by atoms with Crippen LogP contribution >= 0.6 is 11.3 Å². The second-order valence-electron chi connectivity index (χ2n) is 9.85. The monoisotopic (exact) mass is 602 g/mol. The molecule has 2 aromatic heterocycles. The van der Waals surface area contributed by atoms with Crippen LogP contribution in [0.2, 0.25) is 0 Å². The Morgan fingerprint density at radius 1 is 1.07 bits per heavy atom. The van der Waals surface area contributed by atoms with Crippen LogP contribution in [0, 0.1) is 24.0 Å². The zero-order valence-electron chi connectivity index (χ0n) is 24.5. The van der Waals surface area contributed by atoms with Crippen LogP contribution in [0.5, 0.6) is 11.5 Å². The number of carbonyl (C=O) groups is 1. The Balaban J connectivity index is 1.68. The van der Waals surface area contributed by atoms with E-state index >= 15 is 0 Å². The van der Waals surface area contributed by atoms with E-state index in [0.29, 0.717) is 32.1 Å². The van der Waals surface area contributed by atoms with Crippen molar-refractivity contribution in [3.05, 3.63) is 112 Å². The Kier molecular flexibility index (Phi) is 8.05. The summed E-state index contributed by atoms with van der Waals surface area (Å²) in [4.78, 5) is 43.0. The lowest BCUT2D eigenvalue weighted by Gasteiger charge is -2.25. The maximum atomic E-state index is 14.1. The number of nitro benzene ring substituents is 1. The summed E-state index contributed by atoms with van der Waals surface area (Å²) in [5, 5.41) is 11.1. The van der Waals surface area contributed by atoms with Crippen LogP contribution in [0.4, 0.5) is 5.69 Å². The smallest absolute Gasteiger partial charge is 0.338 e. The molecule has 0 N–H and O–H groups in total. The van der Waals surface area contributed by atoms with E-state index < -0.39 is 16.9 Å². The largest absolute Gasteiger partial charge is 0.493 e. The minimum Gasteiger partial charge on any atom is -0.493 e. The van der Waals surface area contributed by atoms with Crippen molar-refractivity contribution in [2.45, 2.75) is 33.7 Å². The summed E-state index contributed by atoms with van der Waals surface area (Å²) in [6.45, 7) is 7.48. The molecule has 0 saturated carbocycles. The number of hydrogen-bond acceptors (Lipinski definition) is 9. The second-order valence-corrected chi connectivity index (χ2v) is 10.9. The number of hydrogen-bond donors (Lipinski definition) is 0. The van der Waals surface area contributed by atoms with Gasteiger partial charge in [0.25, 0.3) is 11.2 Å². The predicted octanol–water partition coefficient (Wildman–Crippen LogP) is 4.13. The zero-order valence-corrected chi connectivity index (χ0v) is 25.4. The maximum Gasteiger partial charge on any atom is 0.338 e. The summed E-state index contributed by atoms with van der Waals surface area (Å²) in [5.74, 6) is 0.420. The van der Waals surface area contributed by atoms with Crippen LogP contribution in [0.25, 0.3) is 11.8 Å². The summed E-state index contributed by atoms with van der Waals surface area (Å²) >= 11 is 1.23. The maximum absolute atomic E-state index is 14.1. The van der Waals surface area contributed by atoms with Gasteiger partial charge in [0, 0.05) is 29.2 Å². The Labute approximate surface area is 250 Å². The normalized spacial score (nSPS) is 14.7. The number of aryl methyl sites for hydroxylation is 1. The van der Waals surface area contributed by atoms with Gasteiger partial charge in [-0.2, -0.15) is 0 Å². The van der Waals surface area contributed by atoms with Crippen LogP contribution in [-0.2, 0) is 9.53 Å². The van der Waals surface area contributed by atoms with E-state index in [1.165, 1.54) is 42.3 Å². The summed E-state index contributed by atoms with van der Waals surface area (Å²) < 4.78 is 20.2. The van der Waals surface area contributed by atoms with E-state index in [9.17, 15) is 19.7 Å². The molecule has 1 atom stereocenters. The molecule has 0 fully saturated rings. The summed E-state index contributed by atoms with van der Waals surface area (Å²) in [6.07, 6.45) is 1.81. The number of esters is 1. The molecule has 1 aliphatic rings. The van der Waals surface area contributed by atoms with Gasteiger partial charge in [0.2, 0.25) is 0 Å². The first-order chi connectivity index (χ1) is 20.6. The zero-order chi connectivity index (χ0) is 31.0. The highest BCUT2D eigenvalue weighted by Gasteiger charge is 2.34. The van der Waals surface area contributed by atoms with Crippen LogP contribution in [0.15, 0.2) is 69.6 Å². The van der Waals surface area contributed by atoms with E-state index in [1.54, 1.807) is 44.2 Å². The molecule has 0 amide bonds. The average molecular weight is 603 g/mol. The lowest BCUT2D eigenvalue weighted by molar-refractivity contribution is -0.384. The second kappa shape index (κ2) is 11.7. The standard InChI is InChI=1S/C31H30N4O7S/c1-7-42-30(37)27-18(3)32-31-34(28(27)20-8-13-24(40-5)25(15-20)41-6)29(36)26(43-31)16-21-14-17(2)33(19(21)4)22-9-11-23(12-10-22)35(38)39/h8-16,28H,7H2,1-6H3/b26-16+. The molecule has 0 saturated heterocycles. The molecular weight excluding hydrogens is 572 g/mol. The van der Waals surface area contributed by atoms with Gasteiger partial charge in [-0.1, -0.05) is 17.4 Å². The number of benzene rings is 2. The number of allylic oxidation sites excluding steroid dienone is 1. The molecule has 0 aliphatic carbocycles. The molecule has 1 aliphatic heterocycles. The topological polar surface area (TPSA) is 127 Å². The lowest BCUT2D eigenvalue weighted by Crippen LogP contribution is -2.40. The van der Waals surface area contributed by atoms with Gasteiger partial charge in [0.1, 0.15) is 0 Å². The average Bonchev–Trinajstić information content (AvgIpc) is 3.45. The molecule has 11 nitrogen and oxygen atoms in total. The number of nitro groups is 1. The number of non-ortho nitro benzene ring substituents is 1. The highest BCUT2D eigenvalue weighted by Crippen LogP contribution is 2.36. The van der Waals surface area contributed by atoms with Gasteiger partial charge in [-0.05, 0) is 75.2 Å². The highest BCUT2D eigenvalue weighted by atomic mass is 32.1. The van der Waals surface area contributed by atoms with Gasteiger partial charge in [-0.15, -0.1) is 0 Å². The molecule has 0 spiro atoms. The number of methoxy groups -OCH3 is 2. The minimum absolute atomic E-state index is 0.00839.